The molecule has 0 bridgehead atoms. The molecule has 5 nitrogen and oxygen atoms in total. The highest BCUT2D eigenvalue weighted by molar-refractivity contribution is 4.85. The molecule has 0 saturated carbocycles. The number of methoxy groups -OCH3 is 1. The topological polar surface area (TPSA) is 84.9 Å². The molecule has 0 aliphatic carbocycles. The van der Waals surface area contributed by atoms with Gasteiger partial charge in [0.05, 0.1) is 18.8 Å². The van der Waals surface area contributed by atoms with Crippen LogP contribution in [0.3, 0.4) is 0 Å². The molecule has 0 spiro atoms. The molecule has 0 aromatic rings. The van der Waals surface area contributed by atoms with Gasteiger partial charge in [-0.25, -0.2) is 0 Å². The van der Waals surface area contributed by atoms with Crippen LogP contribution in [0.25, 0.3) is 0 Å². The van der Waals surface area contributed by atoms with E-state index >= 15 is 0 Å². The molecule has 0 radical (unpaired) electrons. The van der Waals surface area contributed by atoms with Crippen molar-refractivity contribution < 1.29 is 19.7 Å². The number of nitrogens with two attached hydrogens (primary N) is 1. The lowest BCUT2D eigenvalue weighted by atomic mass is 10.0. The Morgan fingerprint density at radius 3 is 2.73 bits per heavy atom. The predicted molar refractivity (Wildman–Crippen MR) is 36.7 cm³/mol. The van der Waals surface area contributed by atoms with Gasteiger partial charge in [0, 0.05) is 7.11 Å². The molecule has 4 N–H and O–H groups in total. The third kappa shape index (κ3) is 1.69. The highest BCUT2D eigenvalue weighted by Crippen LogP contribution is 2.13. The van der Waals surface area contributed by atoms with Gasteiger partial charge in [0.2, 0.25) is 0 Å². The lowest BCUT2D eigenvalue weighted by molar-refractivity contribution is -0.231. The first-order valence-corrected chi connectivity index (χ1v) is 3.43. The molecule has 1 aliphatic rings. The first-order valence-electron chi connectivity index (χ1n) is 3.43. The van der Waals surface area contributed by atoms with Gasteiger partial charge in [0.15, 0.2) is 6.29 Å². The summed E-state index contributed by atoms with van der Waals surface area (Å²) in [5.41, 5.74) is 5.43. The Labute approximate surface area is 64.7 Å². The Balaban J connectivity index is 2.52. The summed E-state index contributed by atoms with van der Waals surface area (Å²) >= 11 is 0. The van der Waals surface area contributed by atoms with Crippen molar-refractivity contribution in [3.05, 3.63) is 0 Å². The maximum atomic E-state index is 9.27. The van der Waals surface area contributed by atoms with Crippen molar-refractivity contribution in [1.29, 1.82) is 0 Å². The normalized spacial score (nSPS) is 45.8. The van der Waals surface area contributed by atoms with Crippen LogP contribution in [0.2, 0.25) is 0 Å². The lowest BCUT2D eigenvalue weighted by Crippen LogP contribution is -2.57. The molecule has 11 heavy (non-hydrogen) atoms. The zero-order valence-electron chi connectivity index (χ0n) is 6.30. The van der Waals surface area contributed by atoms with Crippen molar-refractivity contribution in [2.45, 2.75) is 24.5 Å². The van der Waals surface area contributed by atoms with E-state index in [-0.39, 0.29) is 6.61 Å². The van der Waals surface area contributed by atoms with Crippen LogP contribution in [-0.2, 0) is 9.47 Å². The van der Waals surface area contributed by atoms with E-state index in [1.54, 1.807) is 0 Å². The monoisotopic (exact) mass is 163 g/mol. The van der Waals surface area contributed by atoms with Crippen molar-refractivity contribution in [3.8, 4) is 0 Å². The van der Waals surface area contributed by atoms with Crippen molar-refractivity contribution >= 4 is 0 Å². The fraction of sp³-hybridized carbons (Fsp3) is 1.00. The number of aliphatic hydroxyl groups is 2. The summed E-state index contributed by atoms with van der Waals surface area (Å²) in [6.07, 6.45) is -2.48. The molecular formula is C6H13NO4. The largest absolute Gasteiger partial charge is 0.389 e. The molecule has 1 heterocycles. The fourth-order valence-electron chi connectivity index (χ4n) is 1.02. The van der Waals surface area contributed by atoms with Gasteiger partial charge in [-0.1, -0.05) is 0 Å². The molecule has 0 aromatic carbocycles. The third-order valence-electron chi connectivity index (χ3n) is 1.78. The quantitative estimate of drug-likeness (QED) is 0.418. The minimum atomic E-state index is -0.955. The minimum absolute atomic E-state index is 0.108. The van der Waals surface area contributed by atoms with Gasteiger partial charge in [0.1, 0.15) is 6.10 Å². The van der Waals surface area contributed by atoms with Gasteiger partial charge in [-0.2, -0.15) is 0 Å². The van der Waals surface area contributed by atoms with Crippen LogP contribution in [0.1, 0.15) is 0 Å². The standard InChI is InChI=1S/C6H13NO4/c1-10-6-5(9)4(7)3(8)2-11-6/h3-6,8-9H,2,7H2,1H3/t3-,4+,5-,6+/m1/s1. The Morgan fingerprint density at radius 2 is 2.18 bits per heavy atom. The second-order valence-electron chi connectivity index (χ2n) is 2.57. The maximum absolute atomic E-state index is 9.27. The maximum Gasteiger partial charge on any atom is 0.184 e. The van der Waals surface area contributed by atoms with Gasteiger partial charge in [-0.3, -0.25) is 0 Å². The smallest absolute Gasteiger partial charge is 0.184 e. The SMILES string of the molecule is CO[C@H]1OC[C@@H](O)[C@H](N)[C@H]1O. The molecular weight excluding hydrogens is 150 g/mol. The lowest BCUT2D eigenvalue weighted by Gasteiger charge is -2.34. The van der Waals surface area contributed by atoms with Gasteiger partial charge in [-0.15, -0.1) is 0 Å². The second kappa shape index (κ2) is 3.46. The Hall–Kier alpha value is -0.200. The molecule has 5 heteroatoms. The predicted octanol–water partition coefficient (Wildman–Crippen LogP) is -1.96. The van der Waals surface area contributed by atoms with Crippen LogP contribution in [0.5, 0.6) is 0 Å². The molecule has 1 fully saturated rings. The van der Waals surface area contributed by atoms with E-state index in [0.717, 1.165) is 0 Å². The van der Waals surface area contributed by atoms with Crippen molar-refractivity contribution in [2.24, 2.45) is 5.73 Å². The van der Waals surface area contributed by atoms with E-state index in [9.17, 15) is 5.11 Å². The molecule has 0 amide bonds. The third-order valence-corrected chi connectivity index (χ3v) is 1.78. The first kappa shape index (κ1) is 8.89. The number of hydrogen-bond donors (Lipinski definition) is 3. The summed E-state index contributed by atoms with van der Waals surface area (Å²) in [7, 11) is 1.41. The highest BCUT2D eigenvalue weighted by atomic mass is 16.7. The molecule has 1 saturated heterocycles. The number of rotatable bonds is 1. The molecule has 0 aromatic heterocycles. The summed E-state index contributed by atoms with van der Waals surface area (Å²) in [6, 6.07) is -0.686. The van der Waals surface area contributed by atoms with Crippen LogP contribution in [0, 0.1) is 0 Å². The second-order valence-corrected chi connectivity index (χ2v) is 2.57. The molecule has 0 unspecified atom stereocenters. The average molecular weight is 163 g/mol. The molecule has 4 atom stereocenters. The van der Waals surface area contributed by atoms with E-state index in [4.69, 9.17) is 20.3 Å². The summed E-state index contributed by atoms with van der Waals surface area (Å²) in [5.74, 6) is 0. The summed E-state index contributed by atoms with van der Waals surface area (Å²) in [5, 5.41) is 18.4. The average Bonchev–Trinajstić information content (AvgIpc) is 2.01. The molecule has 1 rings (SSSR count). The molecule has 1 aliphatic heterocycles. The van der Waals surface area contributed by atoms with E-state index in [1.807, 2.05) is 0 Å². The van der Waals surface area contributed by atoms with Crippen LogP contribution in [0.4, 0.5) is 0 Å². The summed E-state index contributed by atoms with van der Waals surface area (Å²) in [6.45, 7) is 0.108. The summed E-state index contributed by atoms with van der Waals surface area (Å²) < 4.78 is 9.68. The zero-order chi connectivity index (χ0) is 8.43. The Kier molecular flexibility index (Phi) is 2.80. The van der Waals surface area contributed by atoms with E-state index in [1.165, 1.54) is 7.11 Å². The van der Waals surface area contributed by atoms with Crippen molar-refractivity contribution in [1.82, 2.24) is 0 Å². The number of hydrogen-bond acceptors (Lipinski definition) is 5. The Bertz CT molecular complexity index is 130. The van der Waals surface area contributed by atoms with E-state index in [0.29, 0.717) is 0 Å². The molecule has 66 valence electrons. The van der Waals surface area contributed by atoms with Crippen molar-refractivity contribution in [2.75, 3.05) is 13.7 Å². The minimum Gasteiger partial charge on any atom is -0.389 e. The van der Waals surface area contributed by atoms with E-state index < -0.39 is 24.5 Å². The van der Waals surface area contributed by atoms with Gasteiger partial charge >= 0.3 is 0 Å². The van der Waals surface area contributed by atoms with Crippen LogP contribution in [-0.4, -0.2) is 48.5 Å². The van der Waals surface area contributed by atoms with Gasteiger partial charge in [0.25, 0.3) is 0 Å². The zero-order valence-corrected chi connectivity index (χ0v) is 6.30. The van der Waals surface area contributed by atoms with E-state index in [2.05, 4.69) is 0 Å². The fourth-order valence-corrected chi connectivity index (χ4v) is 1.02. The van der Waals surface area contributed by atoms with Crippen LogP contribution >= 0.6 is 0 Å². The van der Waals surface area contributed by atoms with Gasteiger partial charge in [-0.05, 0) is 0 Å². The van der Waals surface area contributed by atoms with Crippen LogP contribution in [0.15, 0.2) is 0 Å². The Morgan fingerprint density at radius 1 is 1.55 bits per heavy atom. The number of aliphatic hydroxyl groups excluding tert-OH is 2. The highest BCUT2D eigenvalue weighted by Gasteiger charge is 2.36. The first-order chi connectivity index (χ1) is 5.16. The van der Waals surface area contributed by atoms with Crippen molar-refractivity contribution in [3.63, 3.8) is 0 Å². The van der Waals surface area contributed by atoms with Crippen LogP contribution < -0.4 is 5.73 Å². The van der Waals surface area contributed by atoms with Gasteiger partial charge < -0.3 is 25.4 Å². The number of ether oxygens (including phenoxy) is 2. The summed E-state index contributed by atoms with van der Waals surface area (Å²) in [4.78, 5) is 0.